The first-order valence-electron chi connectivity index (χ1n) is 11.1. The Morgan fingerprint density at radius 3 is 2.79 bits per heavy atom. The third kappa shape index (κ3) is 4.42. The minimum atomic E-state index is -0.642. The highest BCUT2D eigenvalue weighted by Gasteiger charge is 2.36. The lowest BCUT2D eigenvalue weighted by Gasteiger charge is -2.43. The first-order valence-corrected chi connectivity index (χ1v) is 11.8. The summed E-state index contributed by atoms with van der Waals surface area (Å²) in [5.74, 6) is 1.65. The molecule has 0 saturated carbocycles. The van der Waals surface area contributed by atoms with Crippen molar-refractivity contribution in [3.8, 4) is 11.5 Å². The van der Waals surface area contributed by atoms with Crippen molar-refractivity contribution in [1.82, 2.24) is 15.3 Å². The first kappa shape index (κ1) is 22.4. The van der Waals surface area contributed by atoms with Gasteiger partial charge in [-0.25, -0.2) is 14.4 Å². The molecule has 5 rings (SSSR count). The summed E-state index contributed by atoms with van der Waals surface area (Å²) in [5.41, 5.74) is 0.816. The molecule has 2 aromatic carbocycles. The molecule has 174 valence electrons. The second kappa shape index (κ2) is 9.12. The van der Waals surface area contributed by atoms with E-state index in [-0.39, 0.29) is 21.8 Å². The third-order valence-electron chi connectivity index (χ3n) is 6.67. The smallest absolute Gasteiger partial charge is 0.166 e. The molecule has 1 aromatic heterocycles. The van der Waals surface area contributed by atoms with Crippen LogP contribution in [-0.2, 0) is 0 Å². The van der Waals surface area contributed by atoms with Crippen LogP contribution in [-0.4, -0.2) is 35.3 Å². The molecule has 0 radical (unpaired) electrons. The van der Waals surface area contributed by atoms with E-state index in [2.05, 4.69) is 27.5 Å². The van der Waals surface area contributed by atoms with E-state index in [1.54, 1.807) is 7.11 Å². The number of halogens is 3. The van der Waals surface area contributed by atoms with E-state index in [9.17, 15) is 4.39 Å². The SMILES string of the molecule is COc1cc2ncnc(Nc3ccc(Cl)c(Cl)c3F)c2cc1OC1CC2CCC(C)C(C1)N2. The van der Waals surface area contributed by atoms with Gasteiger partial charge in [0.05, 0.1) is 28.4 Å². The van der Waals surface area contributed by atoms with E-state index < -0.39 is 5.82 Å². The molecule has 2 saturated heterocycles. The lowest BCUT2D eigenvalue weighted by Crippen LogP contribution is -2.54. The number of fused-ring (bicyclic) bond motifs is 3. The van der Waals surface area contributed by atoms with E-state index in [0.717, 1.165) is 12.8 Å². The van der Waals surface area contributed by atoms with E-state index in [0.29, 0.717) is 46.2 Å². The Balaban J connectivity index is 1.48. The molecule has 4 unspecified atom stereocenters. The van der Waals surface area contributed by atoms with E-state index in [1.165, 1.54) is 31.3 Å². The van der Waals surface area contributed by atoms with Crippen molar-refractivity contribution in [2.75, 3.05) is 12.4 Å². The lowest BCUT2D eigenvalue weighted by molar-refractivity contribution is 0.0690. The van der Waals surface area contributed by atoms with Crippen LogP contribution in [0.5, 0.6) is 11.5 Å². The Hall–Kier alpha value is -2.35. The van der Waals surface area contributed by atoms with Crippen molar-refractivity contribution in [3.63, 3.8) is 0 Å². The standard InChI is InChI=1S/C24H25Cl2FN4O2/c1-12-3-4-13-7-14(8-18(12)30-13)33-21-9-15-19(10-20(21)32-2)28-11-29-24(15)31-17-6-5-16(25)22(26)23(17)27/h5-6,9-14,18,30H,3-4,7-8H2,1-2H3,(H,28,29,31). The summed E-state index contributed by atoms with van der Waals surface area (Å²) in [6.45, 7) is 2.30. The maximum atomic E-state index is 14.6. The van der Waals surface area contributed by atoms with Crippen molar-refractivity contribution in [3.05, 3.63) is 46.5 Å². The highest BCUT2D eigenvalue weighted by molar-refractivity contribution is 6.42. The maximum Gasteiger partial charge on any atom is 0.166 e. The Labute approximate surface area is 201 Å². The van der Waals surface area contributed by atoms with Gasteiger partial charge in [-0.15, -0.1) is 0 Å². The van der Waals surface area contributed by atoms with E-state index in [1.807, 2.05) is 12.1 Å². The minimum Gasteiger partial charge on any atom is -0.493 e. The minimum absolute atomic E-state index is 0.0870. The molecule has 4 atom stereocenters. The average Bonchev–Trinajstić information content (AvgIpc) is 2.82. The van der Waals surface area contributed by atoms with Crippen molar-refractivity contribution in [1.29, 1.82) is 0 Å². The average molecular weight is 491 g/mol. The van der Waals surface area contributed by atoms with Gasteiger partial charge in [-0.2, -0.15) is 0 Å². The fraction of sp³-hybridized carbons (Fsp3) is 0.417. The number of nitrogens with zero attached hydrogens (tertiary/aromatic N) is 2. The third-order valence-corrected chi connectivity index (χ3v) is 7.46. The molecular formula is C24H25Cl2FN4O2. The van der Waals surface area contributed by atoms with Crippen LogP contribution in [0.1, 0.15) is 32.6 Å². The van der Waals surface area contributed by atoms with Crippen molar-refractivity contribution >= 4 is 45.6 Å². The van der Waals surface area contributed by atoms with Gasteiger partial charge in [-0.05, 0) is 49.8 Å². The molecule has 9 heteroatoms. The van der Waals surface area contributed by atoms with Gasteiger partial charge in [0, 0.05) is 23.5 Å². The number of nitrogens with one attached hydrogen (secondary N) is 2. The van der Waals surface area contributed by atoms with Crippen LogP contribution in [0, 0.1) is 11.7 Å². The lowest BCUT2D eigenvalue weighted by atomic mass is 9.79. The molecule has 2 aliphatic rings. The van der Waals surface area contributed by atoms with Crippen LogP contribution in [0.3, 0.4) is 0 Å². The Bertz CT molecular complexity index is 1190. The number of hydrogen-bond acceptors (Lipinski definition) is 6. The van der Waals surface area contributed by atoms with Gasteiger partial charge in [0.15, 0.2) is 17.3 Å². The number of piperidine rings is 2. The summed E-state index contributed by atoms with van der Waals surface area (Å²) in [5, 5.41) is 7.43. The van der Waals surface area contributed by atoms with E-state index >= 15 is 0 Å². The summed E-state index contributed by atoms with van der Waals surface area (Å²) in [4.78, 5) is 8.68. The molecule has 6 nitrogen and oxygen atoms in total. The molecular weight excluding hydrogens is 466 g/mol. The summed E-state index contributed by atoms with van der Waals surface area (Å²) in [6.07, 6.45) is 5.83. The molecule has 2 bridgehead atoms. The number of methoxy groups -OCH3 is 1. The second-order valence-electron chi connectivity index (χ2n) is 8.83. The van der Waals surface area contributed by atoms with Gasteiger partial charge in [0.25, 0.3) is 0 Å². The van der Waals surface area contributed by atoms with Crippen molar-refractivity contribution < 1.29 is 13.9 Å². The van der Waals surface area contributed by atoms with Crippen molar-refractivity contribution in [2.45, 2.75) is 50.8 Å². The number of hydrogen-bond donors (Lipinski definition) is 2. The number of anilines is 2. The van der Waals surface area contributed by atoms with Gasteiger partial charge in [-0.1, -0.05) is 30.1 Å². The molecule has 0 aliphatic carbocycles. The van der Waals surface area contributed by atoms with Gasteiger partial charge in [0.2, 0.25) is 0 Å². The number of rotatable bonds is 5. The van der Waals surface area contributed by atoms with Crippen LogP contribution >= 0.6 is 23.2 Å². The predicted octanol–water partition coefficient (Wildman–Crippen LogP) is 6.13. The summed E-state index contributed by atoms with van der Waals surface area (Å²) in [6, 6.07) is 7.67. The highest BCUT2D eigenvalue weighted by atomic mass is 35.5. The normalized spacial score (nSPS) is 24.5. The zero-order valence-electron chi connectivity index (χ0n) is 18.4. The summed E-state index contributed by atoms with van der Waals surface area (Å²) >= 11 is 11.9. The van der Waals surface area contributed by atoms with Crippen LogP contribution in [0.25, 0.3) is 10.9 Å². The molecule has 3 aromatic rings. The largest absolute Gasteiger partial charge is 0.493 e. The van der Waals surface area contributed by atoms with Crippen LogP contribution in [0.4, 0.5) is 15.9 Å². The van der Waals surface area contributed by atoms with Gasteiger partial charge in [0.1, 0.15) is 18.2 Å². The first-order chi connectivity index (χ1) is 15.9. The maximum absolute atomic E-state index is 14.6. The van der Waals surface area contributed by atoms with Crippen molar-refractivity contribution in [2.24, 2.45) is 5.92 Å². The highest BCUT2D eigenvalue weighted by Crippen LogP contribution is 2.39. The van der Waals surface area contributed by atoms with Crippen LogP contribution in [0.2, 0.25) is 10.0 Å². The fourth-order valence-corrected chi connectivity index (χ4v) is 5.15. The Morgan fingerprint density at radius 2 is 1.97 bits per heavy atom. The Kier molecular flexibility index (Phi) is 6.20. The van der Waals surface area contributed by atoms with Gasteiger partial charge in [-0.3, -0.25) is 0 Å². The predicted molar refractivity (Wildman–Crippen MR) is 129 cm³/mol. The summed E-state index contributed by atoms with van der Waals surface area (Å²) < 4.78 is 26.7. The second-order valence-corrected chi connectivity index (χ2v) is 9.61. The topological polar surface area (TPSA) is 68.3 Å². The van der Waals surface area contributed by atoms with Crippen LogP contribution in [0.15, 0.2) is 30.6 Å². The van der Waals surface area contributed by atoms with Crippen LogP contribution < -0.4 is 20.1 Å². The molecule has 3 heterocycles. The zero-order valence-corrected chi connectivity index (χ0v) is 19.9. The molecule has 33 heavy (non-hydrogen) atoms. The molecule has 0 spiro atoms. The van der Waals surface area contributed by atoms with Gasteiger partial charge < -0.3 is 20.1 Å². The van der Waals surface area contributed by atoms with E-state index in [4.69, 9.17) is 32.7 Å². The quantitative estimate of drug-likeness (QED) is 0.419. The molecule has 0 amide bonds. The zero-order chi connectivity index (χ0) is 23.1. The monoisotopic (exact) mass is 490 g/mol. The number of aromatic nitrogens is 2. The summed E-state index contributed by atoms with van der Waals surface area (Å²) in [7, 11) is 1.61. The number of ether oxygens (including phenoxy) is 2. The number of benzene rings is 2. The fourth-order valence-electron chi connectivity index (χ4n) is 4.84. The van der Waals surface area contributed by atoms with Gasteiger partial charge >= 0.3 is 0 Å². The molecule has 2 N–H and O–H groups in total. The Morgan fingerprint density at radius 1 is 1.12 bits per heavy atom. The molecule has 2 fully saturated rings. The molecule has 2 aliphatic heterocycles.